The molecule has 2 radical (unpaired) electrons. The molecule has 0 aromatic carbocycles. The van der Waals surface area contributed by atoms with E-state index < -0.39 is 0 Å². The van der Waals surface area contributed by atoms with Gasteiger partial charge in [0.15, 0.2) is 0 Å². The van der Waals surface area contributed by atoms with Crippen molar-refractivity contribution in [3.05, 3.63) is 0 Å². The minimum Gasteiger partial charge on any atom is -0.870 e. The zero-order valence-corrected chi connectivity index (χ0v) is 6.27. The Labute approximate surface area is 54.0 Å². The van der Waals surface area contributed by atoms with Crippen molar-refractivity contribution < 1.29 is 27.4 Å². The van der Waals surface area contributed by atoms with E-state index in [0.717, 1.165) is 0 Å². The summed E-state index contributed by atoms with van der Waals surface area (Å²) in [5.74, 6) is 0. The topological polar surface area (TPSA) is 153 Å². The molecular formula is H7BiO5. The minimum atomic E-state index is 0. The van der Waals surface area contributed by atoms with E-state index in [2.05, 4.69) is 0 Å². The molecular weight excluding hydrogens is 289 g/mol. The van der Waals surface area contributed by atoms with Crippen LogP contribution in [0, 0.1) is 0 Å². The molecule has 0 bridgehead atoms. The third kappa shape index (κ3) is 136. The molecule has 0 rings (SSSR count). The average Bonchev–Trinajstić information content (AvgIpc) is 0. The van der Waals surface area contributed by atoms with Crippen molar-refractivity contribution >= 4 is 26.2 Å². The van der Waals surface area contributed by atoms with Gasteiger partial charge in [0.25, 0.3) is 0 Å². The summed E-state index contributed by atoms with van der Waals surface area (Å²) in [6.45, 7) is 0. The molecule has 0 spiro atoms. The maximum atomic E-state index is 0. The fraction of sp³-hybridized carbons (Fsp3) is 0. The van der Waals surface area contributed by atoms with Crippen molar-refractivity contribution in [2.45, 2.75) is 0 Å². The zero-order chi connectivity index (χ0) is 0. The Morgan fingerprint density at radius 3 is 0.500 bits per heavy atom. The van der Waals surface area contributed by atoms with E-state index in [4.69, 9.17) is 0 Å². The Morgan fingerprint density at radius 1 is 0.500 bits per heavy atom. The smallest absolute Gasteiger partial charge is 0.870 e. The van der Waals surface area contributed by atoms with Gasteiger partial charge in [0.2, 0.25) is 0 Å². The van der Waals surface area contributed by atoms with Crippen LogP contribution >= 0.6 is 0 Å². The molecule has 6 heteroatoms. The maximum absolute atomic E-state index is 0. The van der Waals surface area contributed by atoms with E-state index in [1.165, 1.54) is 0 Å². The molecule has 0 saturated heterocycles. The van der Waals surface area contributed by atoms with Crippen LogP contribution in [0.25, 0.3) is 0 Å². The van der Waals surface area contributed by atoms with Crippen LogP contribution in [0.5, 0.6) is 0 Å². The Hall–Kier alpha value is 0.683. The molecule has 0 aliphatic heterocycles. The second kappa shape index (κ2) is 267. The molecule has 0 unspecified atom stereocenters. The van der Waals surface area contributed by atoms with Gasteiger partial charge in [-0.1, -0.05) is 0 Å². The van der Waals surface area contributed by atoms with Crippen molar-refractivity contribution in [2.75, 3.05) is 0 Å². The second-order valence-corrected chi connectivity index (χ2v) is 0. The van der Waals surface area contributed by atoms with Gasteiger partial charge in [-0.25, -0.2) is 0 Å². The molecule has 0 aliphatic carbocycles. The van der Waals surface area contributed by atoms with Gasteiger partial charge in [-0.15, -0.1) is 0 Å². The van der Waals surface area contributed by atoms with Crippen LogP contribution in [-0.4, -0.2) is 53.6 Å². The Balaban J connectivity index is 0. The monoisotopic (exact) mass is 296 g/mol. The van der Waals surface area contributed by atoms with Crippen molar-refractivity contribution in [3.8, 4) is 0 Å². The minimum absolute atomic E-state index is 0. The molecule has 0 heterocycles. The molecule has 0 saturated carbocycles. The first-order valence-corrected chi connectivity index (χ1v) is 0. The van der Waals surface area contributed by atoms with Crippen molar-refractivity contribution in [1.29, 1.82) is 0 Å². The van der Waals surface area contributed by atoms with E-state index in [-0.39, 0.29) is 53.6 Å². The third-order valence-electron chi connectivity index (χ3n) is 0. The van der Waals surface area contributed by atoms with E-state index in [1.807, 2.05) is 0 Å². The van der Waals surface area contributed by atoms with Gasteiger partial charge in [-0.3, -0.25) is 0 Å². The largest absolute Gasteiger partial charge is 3.00 e. The van der Waals surface area contributed by atoms with Gasteiger partial charge in [0.05, 0.1) is 0 Å². The number of rotatable bonds is 0. The summed E-state index contributed by atoms with van der Waals surface area (Å²) in [5.41, 5.74) is 0. The Morgan fingerprint density at radius 2 is 0.500 bits per heavy atom. The van der Waals surface area contributed by atoms with Crippen LogP contribution in [-0.2, 0) is 0 Å². The quantitative estimate of drug-likeness (QED) is 0.451. The summed E-state index contributed by atoms with van der Waals surface area (Å²) in [4.78, 5) is 0. The first kappa shape index (κ1) is 463. The summed E-state index contributed by atoms with van der Waals surface area (Å²) < 4.78 is 0. The first-order valence-electron chi connectivity index (χ1n) is 0. The number of hydrogen-bond acceptors (Lipinski definition) is 3. The van der Waals surface area contributed by atoms with Crippen LogP contribution in [0.1, 0.15) is 0 Å². The summed E-state index contributed by atoms with van der Waals surface area (Å²) in [5, 5.41) is 0. The van der Waals surface area contributed by atoms with Crippen LogP contribution in [0.15, 0.2) is 0 Å². The van der Waals surface area contributed by atoms with Gasteiger partial charge in [-0.05, 0) is 0 Å². The normalized spacial score (nSPS) is 0. The Bertz CT molecular complexity index is 3.90. The van der Waals surface area contributed by atoms with Gasteiger partial charge in [-0.2, -0.15) is 0 Å². The van der Waals surface area contributed by atoms with Crippen molar-refractivity contribution in [2.24, 2.45) is 0 Å². The molecule has 0 aromatic heterocycles. The zero-order valence-electron chi connectivity index (χ0n) is 2.79. The predicted octanol–water partition coefficient (Wildman–Crippen LogP) is -2.56. The SMILES string of the molecule is O.O.[Bi+3].[OH-].[OH-].[OH-]. The molecule has 7 N–H and O–H groups in total. The fourth-order valence-corrected chi connectivity index (χ4v) is 0. The van der Waals surface area contributed by atoms with E-state index in [9.17, 15) is 0 Å². The van der Waals surface area contributed by atoms with E-state index in [0.29, 0.717) is 0 Å². The van der Waals surface area contributed by atoms with Crippen LogP contribution in [0.2, 0.25) is 0 Å². The van der Waals surface area contributed by atoms with Crippen LogP contribution in [0.3, 0.4) is 0 Å². The molecule has 0 atom stereocenters. The summed E-state index contributed by atoms with van der Waals surface area (Å²) in [7, 11) is 0. The van der Waals surface area contributed by atoms with Crippen molar-refractivity contribution in [3.63, 3.8) is 0 Å². The number of hydrogen-bond donors (Lipinski definition) is 0. The van der Waals surface area contributed by atoms with Gasteiger partial charge < -0.3 is 27.4 Å². The van der Waals surface area contributed by atoms with Crippen LogP contribution in [0.4, 0.5) is 0 Å². The first-order chi connectivity index (χ1) is 0. The van der Waals surface area contributed by atoms with Gasteiger partial charge in [0, 0.05) is 0 Å². The van der Waals surface area contributed by atoms with Crippen molar-refractivity contribution in [1.82, 2.24) is 0 Å². The fourth-order valence-electron chi connectivity index (χ4n) is 0. The Kier molecular flexibility index (Phi) is 20600. The summed E-state index contributed by atoms with van der Waals surface area (Å²) >= 11 is 0. The molecule has 42 valence electrons. The molecule has 6 heavy (non-hydrogen) atoms. The van der Waals surface area contributed by atoms with E-state index in [1.54, 1.807) is 0 Å². The predicted molar refractivity (Wildman–Crippen MR) is 18.8 cm³/mol. The molecule has 0 fully saturated rings. The standard InChI is InChI=1S/Bi.5H2O/h;5*1H2/q+3;;;;;/p-3. The molecule has 0 amide bonds. The summed E-state index contributed by atoms with van der Waals surface area (Å²) in [6.07, 6.45) is 0. The molecule has 0 aliphatic rings. The molecule has 0 aromatic rings. The summed E-state index contributed by atoms with van der Waals surface area (Å²) in [6, 6.07) is 0. The van der Waals surface area contributed by atoms with Gasteiger partial charge >= 0.3 is 26.2 Å². The second-order valence-electron chi connectivity index (χ2n) is 0. The van der Waals surface area contributed by atoms with Crippen LogP contribution < -0.4 is 0 Å². The molecule has 5 nitrogen and oxygen atoms in total. The maximum Gasteiger partial charge on any atom is 3.00 e. The average molecular weight is 296 g/mol. The third-order valence-corrected chi connectivity index (χ3v) is 0. The van der Waals surface area contributed by atoms with Gasteiger partial charge in [0.1, 0.15) is 0 Å². The van der Waals surface area contributed by atoms with E-state index >= 15 is 0 Å².